The molecular weight excluding hydrogens is 425 g/mol. The Kier molecular flexibility index (Phi) is 5.43. The molecule has 0 atom stereocenters. The van der Waals surface area contributed by atoms with E-state index in [0.717, 1.165) is 34.7 Å². The molecule has 0 bridgehead atoms. The summed E-state index contributed by atoms with van der Waals surface area (Å²) in [5, 5.41) is 2.41. The van der Waals surface area contributed by atoms with Crippen molar-refractivity contribution in [2.75, 3.05) is 0 Å². The minimum atomic E-state index is -0.205. The van der Waals surface area contributed by atoms with E-state index < -0.39 is 0 Å². The van der Waals surface area contributed by atoms with Crippen LogP contribution in [0.4, 0.5) is 4.39 Å². The molecule has 1 saturated carbocycles. The molecule has 0 radical (unpaired) electrons. The molecular formula is C30H26FNS. The van der Waals surface area contributed by atoms with Crippen molar-refractivity contribution < 1.29 is 4.39 Å². The van der Waals surface area contributed by atoms with Gasteiger partial charge in [-0.3, -0.25) is 4.98 Å². The van der Waals surface area contributed by atoms with Crippen LogP contribution in [-0.4, -0.2) is 4.98 Å². The lowest BCUT2D eigenvalue weighted by molar-refractivity contribution is 0.356. The van der Waals surface area contributed by atoms with Crippen LogP contribution in [0, 0.1) is 11.7 Å². The lowest BCUT2D eigenvalue weighted by Crippen LogP contribution is -2.09. The Labute approximate surface area is 197 Å². The predicted molar refractivity (Wildman–Crippen MR) is 138 cm³/mol. The molecule has 0 aliphatic heterocycles. The highest BCUT2D eigenvalue weighted by Gasteiger charge is 2.16. The summed E-state index contributed by atoms with van der Waals surface area (Å²) >= 11 is 1.79. The van der Waals surface area contributed by atoms with Crippen molar-refractivity contribution in [3.05, 3.63) is 90.4 Å². The van der Waals surface area contributed by atoms with E-state index in [9.17, 15) is 4.39 Å². The fourth-order valence-corrected chi connectivity index (χ4v) is 6.48. The van der Waals surface area contributed by atoms with E-state index in [-0.39, 0.29) is 5.82 Å². The average Bonchev–Trinajstić information content (AvgIpc) is 3.23. The van der Waals surface area contributed by atoms with E-state index in [0.29, 0.717) is 0 Å². The molecule has 33 heavy (non-hydrogen) atoms. The molecule has 2 heterocycles. The quantitative estimate of drug-likeness (QED) is 0.265. The molecule has 0 amide bonds. The topological polar surface area (TPSA) is 12.9 Å². The predicted octanol–water partition coefficient (Wildman–Crippen LogP) is 9.05. The van der Waals surface area contributed by atoms with Gasteiger partial charge in [0, 0.05) is 31.9 Å². The second kappa shape index (κ2) is 8.72. The van der Waals surface area contributed by atoms with Gasteiger partial charge in [0.2, 0.25) is 0 Å². The third-order valence-electron chi connectivity index (χ3n) is 7.00. The van der Waals surface area contributed by atoms with Crippen LogP contribution in [-0.2, 0) is 6.42 Å². The van der Waals surface area contributed by atoms with Gasteiger partial charge < -0.3 is 0 Å². The van der Waals surface area contributed by atoms with Gasteiger partial charge >= 0.3 is 0 Å². The highest BCUT2D eigenvalue weighted by Crippen LogP contribution is 2.41. The Morgan fingerprint density at radius 1 is 0.818 bits per heavy atom. The van der Waals surface area contributed by atoms with Crippen molar-refractivity contribution in [3.8, 4) is 22.4 Å². The maximum atomic E-state index is 14.0. The van der Waals surface area contributed by atoms with Gasteiger partial charge in [-0.05, 0) is 71.5 Å². The number of rotatable bonds is 4. The number of pyridine rings is 1. The molecule has 3 aromatic carbocycles. The van der Waals surface area contributed by atoms with Crippen LogP contribution in [0.25, 0.3) is 42.6 Å². The van der Waals surface area contributed by atoms with Gasteiger partial charge in [-0.25, -0.2) is 4.39 Å². The van der Waals surface area contributed by atoms with Crippen molar-refractivity contribution in [2.45, 2.75) is 38.5 Å². The highest BCUT2D eigenvalue weighted by atomic mass is 32.1. The molecule has 0 saturated heterocycles. The Morgan fingerprint density at radius 3 is 2.58 bits per heavy atom. The molecule has 164 valence electrons. The Bertz CT molecular complexity index is 1440. The largest absolute Gasteiger partial charge is 0.256 e. The van der Waals surface area contributed by atoms with Crippen LogP contribution in [0.3, 0.4) is 0 Å². The molecule has 3 heteroatoms. The normalized spacial score (nSPS) is 14.8. The summed E-state index contributed by atoms with van der Waals surface area (Å²) in [6.07, 6.45) is 9.96. The maximum absolute atomic E-state index is 14.0. The summed E-state index contributed by atoms with van der Waals surface area (Å²) in [4.78, 5) is 4.72. The molecule has 1 fully saturated rings. The zero-order valence-corrected chi connectivity index (χ0v) is 19.4. The second-order valence-corrected chi connectivity index (χ2v) is 10.3. The minimum absolute atomic E-state index is 0.205. The summed E-state index contributed by atoms with van der Waals surface area (Å²) in [6, 6.07) is 24.3. The number of benzene rings is 3. The molecule has 1 aliphatic carbocycles. The number of nitrogens with zero attached hydrogens (tertiary/aromatic N) is 1. The van der Waals surface area contributed by atoms with E-state index in [1.54, 1.807) is 23.5 Å². The van der Waals surface area contributed by atoms with E-state index in [4.69, 9.17) is 4.98 Å². The first-order chi connectivity index (χ1) is 16.2. The van der Waals surface area contributed by atoms with Gasteiger partial charge in [-0.15, -0.1) is 11.3 Å². The van der Waals surface area contributed by atoms with Crippen molar-refractivity contribution in [1.82, 2.24) is 4.98 Å². The molecule has 0 spiro atoms. The smallest absolute Gasteiger partial charge is 0.123 e. The third-order valence-corrected chi connectivity index (χ3v) is 8.14. The number of aromatic nitrogens is 1. The zero-order valence-electron chi connectivity index (χ0n) is 18.6. The van der Waals surface area contributed by atoms with Crippen LogP contribution in [0.1, 0.15) is 37.7 Å². The van der Waals surface area contributed by atoms with Crippen molar-refractivity contribution >= 4 is 31.5 Å². The first kappa shape index (κ1) is 20.6. The highest BCUT2D eigenvalue weighted by molar-refractivity contribution is 7.25. The summed E-state index contributed by atoms with van der Waals surface area (Å²) < 4.78 is 16.4. The summed E-state index contributed by atoms with van der Waals surface area (Å²) in [7, 11) is 0. The molecule has 1 nitrogen and oxygen atoms in total. The van der Waals surface area contributed by atoms with Gasteiger partial charge in [-0.1, -0.05) is 62.4 Å². The van der Waals surface area contributed by atoms with Gasteiger partial charge in [0.15, 0.2) is 0 Å². The van der Waals surface area contributed by atoms with Gasteiger partial charge in [-0.2, -0.15) is 0 Å². The van der Waals surface area contributed by atoms with Crippen LogP contribution in [0.5, 0.6) is 0 Å². The Hall–Kier alpha value is -3.04. The van der Waals surface area contributed by atoms with Crippen LogP contribution >= 0.6 is 11.3 Å². The summed E-state index contributed by atoms with van der Waals surface area (Å²) in [5.74, 6) is 0.606. The molecule has 5 aromatic rings. The van der Waals surface area contributed by atoms with Crippen molar-refractivity contribution in [3.63, 3.8) is 0 Å². The fraction of sp³-hybridized carbons (Fsp3) is 0.233. The lowest BCUT2D eigenvalue weighted by Gasteiger charge is -2.21. The Morgan fingerprint density at radius 2 is 1.70 bits per heavy atom. The maximum Gasteiger partial charge on any atom is 0.123 e. The molecule has 6 rings (SSSR count). The van der Waals surface area contributed by atoms with Gasteiger partial charge in [0.05, 0.1) is 5.69 Å². The van der Waals surface area contributed by atoms with Crippen LogP contribution in [0.15, 0.2) is 79.0 Å². The molecule has 0 unspecified atom stereocenters. The number of hydrogen-bond acceptors (Lipinski definition) is 2. The standard InChI is InChI=1S/C30H26FNS/c31-24-9-4-8-22(18-24)25-10-5-11-29-30(25)26-19-23(12-13-28(26)33-29)27-17-21(14-15-32-27)16-20-6-2-1-3-7-20/h4-5,8-15,17-20H,1-3,6-7,16H2. The first-order valence-electron chi connectivity index (χ1n) is 11.9. The third kappa shape index (κ3) is 4.06. The number of fused-ring (bicyclic) bond motifs is 3. The first-order valence-corrected chi connectivity index (χ1v) is 12.7. The van der Waals surface area contributed by atoms with E-state index in [1.165, 1.54) is 63.9 Å². The number of thiophene rings is 1. The monoisotopic (exact) mass is 451 g/mol. The molecule has 0 N–H and O–H groups in total. The van der Waals surface area contributed by atoms with Crippen LogP contribution in [0.2, 0.25) is 0 Å². The van der Waals surface area contributed by atoms with Crippen molar-refractivity contribution in [1.29, 1.82) is 0 Å². The fourth-order valence-electron chi connectivity index (χ4n) is 5.37. The van der Waals surface area contributed by atoms with E-state index in [1.807, 2.05) is 12.3 Å². The lowest BCUT2D eigenvalue weighted by atomic mass is 9.85. The SMILES string of the molecule is Fc1cccc(-c2cccc3sc4ccc(-c5cc(CC6CCCCC6)ccn5)cc4c23)c1. The van der Waals surface area contributed by atoms with E-state index in [2.05, 4.69) is 48.5 Å². The van der Waals surface area contributed by atoms with Crippen LogP contribution < -0.4 is 0 Å². The molecule has 2 aromatic heterocycles. The van der Waals surface area contributed by atoms with E-state index >= 15 is 0 Å². The zero-order chi connectivity index (χ0) is 22.2. The molecule has 1 aliphatic rings. The summed E-state index contributed by atoms with van der Waals surface area (Å²) in [6.45, 7) is 0. The number of hydrogen-bond donors (Lipinski definition) is 0. The Balaban J connectivity index is 1.43. The summed E-state index contributed by atoms with van der Waals surface area (Å²) in [5.41, 5.74) is 5.56. The average molecular weight is 452 g/mol. The van der Waals surface area contributed by atoms with Gasteiger partial charge in [0.25, 0.3) is 0 Å². The van der Waals surface area contributed by atoms with Crippen molar-refractivity contribution in [2.24, 2.45) is 5.92 Å². The van der Waals surface area contributed by atoms with Gasteiger partial charge in [0.1, 0.15) is 5.82 Å². The second-order valence-electron chi connectivity index (χ2n) is 9.26. The number of halogens is 1. The minimum Gasteiger partial charge on any atom is -0.256 e.